The molecule has 1 aliphatic carbocycles. The lowest BCUT2D eigenvalue weighted by Crippen LogP contribution is -2.32. The Balaban J connectivity index is 2.34. The third-order valence-electron chi connectivity index (χ3n) is 5.73. The Labute approximate surface area is 202 Å². The zero-order valence-electron chi connectivity index (χ0n) is 19.4. The number of amides is 1. The molecule has 2 aromatic rings. The van der Waals surface area contributed by atoms with Crippen molar-refractivity contribution in [2.24, 2.45) is 0 Å². The van der Waals surface area contributed by atoms with Gasteiger partial charge in [0.2, 0.25) is 17.1 Å². The van der Waals surface area contributed by atoms with E-state index in [4.69, 9.17) is 14.2 Å². The van der Waals surface area contributed by atoms with Crippen molar-refractivity contribution in [1.82, 2.24) is 5.32 Å². The molecular weight excluding hydrogens is 460 g/mol. The monoisotopic (exact) mass is 488 g/mol. The highest BCUT2D eigenvalue weighted by atomic mass is 32.1. The quantitative estimate of drug-likeness (QED) is 0.418. The zero-order valence-corrected chi connectivity index (χ0v) is 20.3. The molecule has 2 atom stereocenters. The molecule has 2 aromatic carbocycles. The summed E-state index contributed by atoms with van der Waals surface area (Å²) in [7, 11) is 4.57. The van der Waals surface area contributed by atoms with Gasteiger partial charge in [0.05, 0.1) is 33.1 Å². The van der Waals surface area contributed by atoms with Crippen LogP contribution in [0.5, 0.6) is 17.2 Å². The fraction of sp³-hybridized carbons (Fsp3) is 0.375. The van der Waals surface area contributed by atoms with Crippen molar-refractivity contribution in [2.75, 3.05) is 32.4 Å². The number of carboxylic acid groups (broad SMARTS) is 1. The number of ether oxygens (including phenoxy) is 3. The van der Waals surface area contributed by atoms with E-state index in [0.29, 0.717) is 46.8 Å². The Morgan fingerprint density at radius 1 is 1.15 bits per heavy atom. The number of carbonyl (C=O) groups excluding carboxylic acids is 1. The summed E-state index contributed by atoms with van der Waals surface area (Å²) < 4.78 is 16.8. The van der Waals surface area contributed by atoms with Gasteiger partial charge >= 0.3 is 5.97 Å². The van der Waals surface area contributed by atoms with Crippen LogP contribution in [0, 0.1) is 0 Å². The van der Waals surface area contributed by atoms with Gasteiger partial charge in [0.15, 0.2) is 11.5 Å². The molecule has 10 heteroatoms. The number of nitrogens with one attached hydrogen (secondary N) is 2. The van der Waals surface area contributed by atoms with Crippen LogP contribution in [-0.4, -0.2) is 50.1 Å². The van der Waals surface area contributed by atoms with Gasteiger partial charge in [-0.3, -0.25) is 9.59 Å². The third kappa shape index (κ3) is 4.91. The van der Waals surface area contributed by atoms with Gasteiger partial charge in [-0.1, -0.05) is 6.07 Å². The molecule has 0 aromatic heterocycles. The third-order valence-corrected chi connectivity index (χ3v) is 6.09. The van der Waals surface area contributed by atoms with Crippen LogP contribution in [0.3, 0.4) is 0 Å². The van der Waals surface area contributed by atoms with Crippen molar-refractivity contribution < 1.29 is 28.9 Å². The van der Waals surface area contributed by atoms with Gasteiger partial charge in [0, 0.05) is 18.2 Å². The summed E-state index contributed by atoms with van der Waals surface area (Å²) in [4.78, 5) is 36.6. The van der Waals surface area contributed by atoms with Gasteiger partial charge in [-0.05, 0) is 47.7 Å². The summed E-state index contributed by atoms with van der Waals surface area (Å²) in [5.74, 6) is -0.0167. The van der Waals surface area contributed by atoms with Crippen molar-refractivity contribution in [3.8, 4) is 28.4 Å². The molecule has 0 aliphatic heterocycles. The maximum atomic E-state index is 13.1. The second-order valence-corrected chi connectivity index (χ2v) is 8.18. The van der Waals surface area contributed by atoms with E-state index in [2.05, 4.69) is 23.3 Å². The Bertz CT molecular complexity index is 1170. The van der Waals surface area contributed by atoms with Crippen molar-refractivity contribution >= 4 is 30.2 Å². The number of carbonyl (C=O) groups is 2. The lowest BCUT2D eigenvalue weighted by molar-refractivity contribution is -0.137. The average molecular weight is 489 g/mol. The first-order chi connectivity index (χ1) is 16.2. The first kappa shape index (κ1) is 25.2. The van der Waals surface area contributed by atoms with Gasteiger partial charge in [0.25, 0.3) is 0 Å². The first-order valence-corrected chi connectivity index (χ1v) is 11.3. The standard InChI is InChI=1S/C24H28N2O7S/c1-12(27)25-16-7-5-13-9-20(31-2)22(32-3)23(33-4)21(13)14-6-8-17(19(28)10-15(14)16)26-18(11-34)24(29)30/h6,8-10,16,18,34H,5,7,11H2,1-4H3,(H,25,27)(H,26,28)(H,29,30). The number of benzene rings is 1. The molecule has 0 saturated heterocycles. The summed E-state index contributed by atoms with van der Waals surface area (Å²) in [6.45, 7) is 1.42. The highest BCUT2D eigenvalue weighted by Crippen LogP contribution is 2.50. The topological polar surface area (TPSA) is 123 Å². The molecule has 0 spiro atoms. The van der Waals surface area contributed by atoms with E-state index in [1.165, 1.54) is 40.4 Å². The van der Waals surface area contributed by atoms with Gasteiger partial charge < -0.3 is 30.0 Å². The van der Waals surface area contributed by atoms with E-state index in [0.717, 1.165) is 5.56 Å². The van der Waals surface area contributed by atoms with Crippen LogP contribution in [0.1, 0.15) is 30.5 Å². The molecule has 34 heavy (non-hydrogen) atoms. The first-order valence-electron chi connectivity index (χ1n) is 10.6. The number of rotatable bonds is 8. The van der Waals surface area contributed by atoms with E-state index in [1.807, 2.05) is 6.07 Å². The fourth-order valence-corrected chi connectivity index (χ4v) is 4.45. The second kappa shape index (κ2) is 10.7. The minimum atomic E-state index is -1.12. The largest absolute Gasteiger partial charge is 0.493 e. The van der Waals surface area contributed by atoms with Crippen LogP contribution in [0.15, 0.2) is 29.1 Å². The Kier molecular flexibility index (Phi) is 7.93. The molecule has 0 bridgehead atoms. The maximum Gasteiger partial charge on any atom is 0.326 e. The van der Waals surface area contributed by atoms with E-state index in [9.17, 15) is 19.5 Å². The van der Waals surface area contributed by atoms with E-state index in [-0.39, 0.29) is 17.3 Å². The summed E-state index contributed by atoms with van der Waals surface area (Å²) in [5.41, 5.74) is 2.57. The van der Waals surface area contributed by atoms with E-state index in [1.54, 1.807) is 6.07 Å². The van der Waals surface area contributed by atoms with Gasteiger partial charge in [-0.2, -0.15) is 12.6 Å². The number of aryl methyl sites for hydroxylation is 1. The molecule has 0 fully saturated rings. The summed E-state index contributed by atoms with van der Waals surface area (Å²) >= 11 is 4.06. The lowest BCUT2D eigenvalue weighted by Gasteiger charge is -2.19. The Morgan fingerprint density at radius 2 is 1.85 bits per heavy atom. The molecular formula is C24H28N2O7S. The van der Waals surface area contributed by atoms with Crippen LogP contribution in [0.2, 0.25) is 0 Å². The molecule has 9 nitrogen and oxygen atoms in total. The van der Waals surface area contributed by atoms with Crippen LogP contribution in [0.4, 0.5) is 5.69 Å². The predicted molar refractivity (Wildman–Crippen MR) is 132 cm³/mol. The molecule has 0 heterocycles. The number of methoxy groups -OCH3 is 3. The number of hydrogen-bond acceptors (Lipinski definition) is 8. The van der Waals surface area contributed by atoms with Crippen LogP contribution in [-0.2, 0) is 16.0 Å². The highest BCUT2D eigenvalue weighted by molar-refractivity contribution is 7.80. The van der Waals surface area contributed by atoms with Crippen molar-refractivity contribution in [3.63, 3.8) is 0 Å². The number of aliphatic carboxylic acids is 1. The average Bonchev–Trinajstić information content (AvgIpc) is 3.04. The van der Waals surface area contributed by atoms with Crippen LogP contribution >= 0.6 is 12.6 Å². The Morgan fingerprint density at radius 3 is 2.41 bits per heavy atom. The second-order valence-electron chi connectivity index (χ2n) is 7.81. The molecule has 1 aliphatic rings. The van der Waals surface area contributed by atoms with Gasteiger partial charge in [-0.15, -0.1) is 0 Å². The summed E-state index contributed by atoms with van der Waals surface area (Å²) in [6.07, 6.45) is 1.11. The minimum Gasteiger partial charge on any atom is -0.493 e. The minimum absolute atomic E-state index is 0.00470. The van der Waals surface area contributed by atoms with E-state index >= 15 is 0 Å². The number of thiol groups is 1. The highest BCUT2D eigenvalue weighted by Gasteiger charge is 2.29. The van der Waals surface area contributed by atoms with Crippen molar-refractivity contribution in [2.45, 2.75) is 31.8 Å². The summed E-state index contributed by atoms with van der Waals surface area (Å²) in [6, 6.07) is 5.06. The molecule has 3 N–H and O–H groups in total. The number of hydrogen-bond donors (Lipinski definition) is 4. The summed E-state index contributed by atoms with van der Waals surface area (Å²) in [5, 5.41) is 15.1. The smallest absolute Gasteiger partial charge is 0.326 e. The number of anilines is 1. The predicted octanol–water partition coefficient (Wildman–Crippen LogP) is 2.66. The van der Waals surface area contributed by atoms with Gasteiger partial charge in [-0.25, -0.2) is 4.79 Å². The molecule has 0 saturated carbocycles. The molecule has 0 radical (unpaired) electrons. The molecule has 2 unspecified atom stereocenters. The number of carboxylic acids is 1. The molecule has 3 rings (SSSR count). The Hall–Kier alpha value is -3.40. The lowest BCUT2D eigenvalue weighted by atomic mass is 9.95. The SMILES string of the molecule is COc1cc2c(c(OC)c1OC)-c1ccc(NC(CS)C(=O)O)c(=O)cc1C(NC(C)=O)CC2. The zero-order chi connectivity index (χ0) is 25.0. The van der Waals surface area contributed by atoms with Gasteiger partial charge in [0.1, 0.15) is 6.04 Å². The fourth-order valence-electron chi connectivity index (χ4n) is 4.20. The van der Waals surface area contributed by atoms with Crippen LogP contribution < -0.4 is 30.3 Å². The molecule has 182 valence electrons. The van der Waals surface area contributed by atoms with Crippen molar-refractivity contribution in [3.05, 3.63) is 45.6 Å². The normalized spacial score (nSPS) is 15.1. The molecule has 1 amide bonds. The maximum absolute atomic E-state index is 13.1. The van der Waals surface area contributed by atoms with E-state index < -0.39 is 23.5 Å². The number of fused-ring (bicyclic) bond motifs is 3. The van der Waals surface area contributed by atoms with Crippen molar-refractivity contribution in [1.29, 1.82) is 0 Å². The van der Waals surface area contributed by atoms with Crippen LogP contribution in [0.25, 0.3) is 11.1 Å².